The molecule has 3 aromatic rings. The maximum absolute atomic E-state index is 13.6. The lowest BCUT2D eigenvalue weighted by atomic mass is 10.00. The van der Waals surface area contributed by atoms with E-state index in [2.05, 4.69) is 47.6 Å². The van der Waals surface area contributed by atoms with E-state index in [0.29, 0.717) is 6.04 Å². The van der Waals surface area contributed by atoms with E-state index in [9.17, 15) is 4.79 Å². The summed E-state index contributed by atoms with van der Waals surface area (Å²) in [4.78, 5) is 23.2. The van der Waals surface area contributed by atoms with Gasteiger partial charge in [-0.25, -0.2) is 4.98 Å². The fourth-order valence-electron chi connectivity index (χ4n) is 5.25. The van der Waals surface area contributed by atoms with E-state index in [-0.39, 0.29) is 24.3 Å². The number of aryl methyl sites for hydroxylation is 1. The second-order valence-electron chi connectivity index (χ2n) is 9.59. The summed E-state index contributed by atoms with van der Waals surface area (Å²) in [5.41, 5.74) is 2.02. The van der Waals surface area contributed by atoms with Gasteiger partial charge in [0, 0.05) is 38.8 Å². The first-order valence-electron chi connectivity index (χ1n) is 12.4. The van der Waals surface area contributed by atoms with E-state index in [1.807, 2.05) is 25.1 Å². The van der Waals surface area contributed by atoms with Gasteiger partial charge in [0.25, 0.3) is 0 Å². The summed E-state index contributed by atoms with van der Waals surface area (Å²) in [7, 11) is 0. The van der Waals surface area contributed by atoms with Gasteiger partial charge in [0.05, 0.1) is 22.1 Å². The summed E-state index contributed by atoms with van der Waals surface area (Å²) in [5.74, 6) is -0.332. The number of hydrogen-bond acceptors (Lipinski definition) is 10. The third kappa shape index (κ3) is 4.93. The van der Waals surface area contributed by atoms with Crippen LogP contribution in [0.25, 0.3) is 10.2 Å². The number of carbonyl (C=O) groups excluding carboxylic acids is 1. The van der Waals surface area contributed by atoms with Crippen molar-refractivity contribution in [2.75, 3.05) is 44.2 Å². The topological polar surface area (TPSA) is 97.5 Å². The highest BCUT2D eigenvalue weighted by Gasteiger charge is 2.42. The van der Waals surface area contributed by atoms with Crippen LogP contribution in [0.5, 0.6) is 0 Å². The monoisotopic (exact) mass is 512 g/mol. The van der Waals surface area contributed by atoms with Crippen LogP contribution in [-0.4, -0.2) is 77.9 Å². The lowest BCUT2D eigenvalue weighted by molar-refractivity contribution is -0.129. The van der Waals surface area contributed by atoms with Gasteiger partial charge in [0.1, 0.15) is 22.2 Å². The van der Waals surface area contributed by atoms with Gasteiger partial charge in [-0.3, -0.25) is 20.3 Å². The highest BCUT2D eigenvalue weighted by atomic mass is 32.1. The number of para-hydroxylation sites is 1. The highest BCUT2D eigenvalue weighted by molar-refractivity contribution is 7.18. The average molecular weight is 513 g/mol. The Hall–Kier alpha value is -2.15. The molecule has 0 spiro atoms. The van der Waals surface area contributed by atoms with Crippen molar-refractivity contribution >= 4 is 44.0 Å². The molecule has 186 valence electrons. The van der Waals surface area contributed by atoms with Gasteiger partial charge in [-0.15, -0.1) is 11.3 Å². The molecule has 0 aliphatic carbocycles. The molecule has 35 heavy (non-hydrogen) atoms. The van der Waals surface area contributed by atoms with Crippen molar-refractivity contribution in [1.29, 1.82) is 0 Å². The Morgan fingerprint density at radius 1 is 1.17 bits per heavy atom. The van der Waals surface area contributed by atoms with Crippen molar-refractivity contribution in [1.82, 2.24) is 35.5 Å². The predicted molar refractivity (Wildman–Crippen MR) is 141 cm³/mol. The number of benzene rings is 1. The summed E-state index contributed by atoms with van der Waals surface area (Å²) in [5, 5.41) is 16.4. The molecule has 3 aliphatic rings. The molecule has 0 radical (unpaired) electrons. The third-order valence-corrected chi connectivity index (χ3v) is 9.19. The zero-order valence-corrected chi connectivity index (χ0v) is 21.5. The third-order valence-electron chi connectivity index (χ3n) is 7.13. The molecule has 3 saturated heterocycles. The number of fused-ring (bicyclic) bond motifs is 1. The number of anilines is 1. The lowest BCUT2D eigenvalue weighted by Crippen LogP contribution is -2.72. The van der Waals surface area contributed by atoms with E-state index < -0.39 is 0 Å². The van der Waals surface area contributed by atoms with Crippen molar-refractivity contribution in [2.24, 2.45) is 0 Å². The molecular formula is C24H32N8OS2. The normalized spacial score (nSPS) is 28.4. The second kappa shape index (κ2) is 10.1. The summed E-state index contributed by atoms with van der Waals surface area (Å²) >= 11 is 3.18. The SMILES string of the molecule is Cc1cc(N2CCN(C3NC(=O)C(c4nc5ccccc5s4)C(N[C@@H]4CCCNC4)N3)CC2)sn1. The smallest absolute Gasteiger partial charge is 0.235 e. The van der Waals surface area contributed by atoms with Crippen LogP contribution in [0.4, 0.5) is 5.00 Å². The molecule has 4 atom stereocenters. The number of piperazine rings is 1. The fourth-order valence-corrected chi connectivity index (χ4v) is 7.17. The Morgan fingerprint density at radius 2 is 2.03 bits per heavy atom. The minimum atomic E-state index is -0.368. The van der Waals surface area contributed by atoms with E-state index >= 15 is 0 Å². The molecule has 3 aliphatic heterocycles. The zero-order chi connectivity index (χ0) is 23.8. The van der Waals surface area contributed by atoms with E-state index in [0.717, 1.165) is 73.0 Å². The first kappa shape index (κ1) is 23.3. The predicted octanol–water partition coefficient (Wildman–Crippen LogP) is 1.64. The quantitative estimate of drug-likeness (QED) is 0.410. The number of carbonyl (C=O) groups is 1. The van der Waals surface area contributed by atoms with Gasteiger partial charge in [-0.05, 0) is 56.0 Å². The maximum atomic E-state index is 13.6. The van der Waals surface area contributed by atoms with Gasteiger partial charge in [-0.1, -0.05) is 12.1 Å². The van der Waals surface area contributed by atoms with Crippen LogP contribution in [0.2, 0.25) is 0 Å². The van der Waals surface area contributed by atoms with Crippen LogP contribution < -0.4 is 26.2 Å². The fraction of sp³-hybridized carbons (Fsp3) is 0.542. The number of piperidine rings is 1. The molecule has 0 bridgehead atoms. The summed E-state index contributed by atoms with van der Waals surface area (Å²) in [6.45, 7) is 7.60. The van der Waals surface area contributed by atoms with Crippen LogP contribution in [0.1, 0.15) is 29.5 Å². The number of nitrogens with one attached hydrogen (secondary N) is 4. The largest absolute Gasteiger partial charge is 0.360 e. The number of hydrogen-bond donors (Lipinski definition) is 4. The van der Waals surface area contributed by atoms with Crippen LogP contribution >= 0.6 is 22.9 Å². The number of rotatable bonds is 5. The van der Waals surface area contributed by atoms with Gasteiger partial charge in [0.15, 0.2) is 0 Å². The Morgan fingerprint density at radius 3 is 2.77 bits per heavy atom. The molecular weight excluding hydrogens is 480 g/mol. The van der Waals surface area contributed by atoms with Crippen LogP contribution in [0.15, 0.2) is 30.3 Å². The standard InChI is InChI=1S/C24H32N8OS2/c1-15-13-19(35-30-15)31-9-11-32(12-10-31)24-28-21(26-16-5-4-8-25-14-16)20(22(33)29-24)23-27-17-6-2-3-7-18(17)34-23/h2-3,6-7,13,16,20-21,24-26,28H,4-5,8-12,14H2,1H3,(H,29,33)/t16-,20?,21?,24?/m1/s1. The Bertz CT molecular complexity index is 1130. The Labute approximate surface area is 213 Å². The van der Waals surface area contributed by atoms with Crippen molar-refractivity contribution in [3.63, 3.8) is 0 Å². The molecule has 6 rings (SSSR count). The molecule has 3 fully saturated rings. The Balaban J connectivity index is 1.19. The first-order valence-corrected chi connectivity index (χ1v) is 14.0. The molecule has 1 aromatic carbocycles. The minimum Gasteiger partial charge on any atom is -0.360 e. The first-order chi connectivity index (χ1) is 17.1. The van der Waals surface area contributed by atoms with Gasteiger partial charge >= 0.3 is 0 Å². The van der Waals surface area contributed by atoms with Crippen molar-refractivity contribution in [3.05, 3.63) is 41.0 Å². The number of thiazole rings is 1. The molecule has 4 N–H and O–H groups in total. The zero-order valence-electron chi connectivity index (χ0n) is 19.9. The maximum Gasteiger partial charge on any atom is 0.235 e. The molecule has 3 unspecified atom stereocenters. The van der Waals surface area contributed by atoms with E-state index in [4.69, 9.17) is 4.98 Å². The van der Waals surface area contributed by atoms with Crippen LogP contribution in [0, 0.1) is 6.92 Å². The number of amides is 1. The van der Waals surface area contributed by atoms with E-state index in [1.165, 1.54) is 5.00 Å². The van der Waals surface area contributed by atoms with Crippen molar-refractivity contribution in [2.45, 2.75) is 44.2 Å². The van der Waals surface area contributed by atoms with E-state index in [1.54, 1.807) is 22.9 Å². The summed E-state index contributed by atoms with van der Waals surface area (Å²) < 4.78 is 5.54. The van der Waals surface area contributed by atoms with Gasteiger partial charge < -0.3 is 15.5 Å². The molecule has 5 heterocycles. The van der Waals surface area contributed by atoms with Gasteiger partial charge in [-0.2, -0.15) is 4.37 Å². The molecule has 1 amide bonds. The lowest BCUT2D eigenvalue weighted by Gasteiger charge is -2.46. The minimum absolute atomic E-state index is 0.0367. The number of nitrogens with zero attached hydrogens (tertiary/aromatic N) is 4. The average Bonchev–Trinajstić information content (AvgIpc) is 3.50. The summed E-state index contributed by atoms with van der Waals surface area (Å²) in [6, 6.07) is 10.6. The van der Waals surface area contributed by atoms with Crippen LogP contribution in [-0.2, 0) is 4.79 Å². The summed E-state index contributed by atoms with van der Waals surface area (Å²) in [6.07, 6.45) is 1.87. The molecule has 11 heteroatoms. The van der Waals surface area contributed by atoms with Crippen molar-refractivity contribution in [3.8, 4) is 0 Å². The Kier molecular flexibility index (Phi) is 6.70. The molecule has 9 nitrogen and oxygen atoms in total. The highest BCUT2D eigenvalue weighted by Crippen LogP contribution is 2.31. The van der Waals surface area contributed by atoms with Crippen LogP contribution in [0.3, 0.4) is 0 Å². The molecule has 0 saturated carbocycles. The van der Waals surface area contributed by atoms with Gasteiger partial charge in [0.2, 0.25) is 5.91 Å². The molecule has 2 aromatic heterocycles. The second-order valence-corrected chi connectivity index (χ2v) is 11.4. The number of aromatic nitrogens is 2. The van der Waals surface area contributed by atoms with Crippen molar-refractivity contribution < 1.29 is 4.79 Å².